The van der Waals surface area contributed by atoms with E-state index in [1.807, 2.05) is 32.3 Å². The molecule has 3 aromatic rings. The lowest BCUT2D eigenvalue weighted by Crippen LogP contribution is -2.45. The van der Waals surface area contributed by atoms with Gasteiger partial charge in [0.05, 0.1) is 41.2 Å². The van der Waals surface area contributed by atoms with Gasteiger partial charge in [0, 0.05) is 12.1 Å². The number of ether oxygens (including phenoxy) is 1. The highest BCUT2D eigenvalue weighted by atomic mass is 16.6. The number of carbonyl (C=O) groups is 1. The van der Waals surface area contributed by atoms with Crippen LogP contribution in [-0.2, 0) is 11.3 Å². The Morgan fingerprint density at radius 2 is 2.13 bits per heavy atom. The van der Waals surface area contributed by atoms with Gasteiger partial charge in [-0.2, -0.15) is 5.26 Å². The zero-order valence-electron chi connectivity index (χ0n) is 18.0. The molecule has 8 nitrogen and oxygen atoms in total. The third-order valence-electron chi connectivity index (χ3n) is 6.81. The van der Waals surface area contributed by atoms with E-state index in [1.165, 1.54) is 0 Å². The van der Waals surface area contributed by atoms with Gasteiger partial charge in [-0.1, -0.05) is 12.1 Å². The number of carbonyl (C=O) groups excluding carboxylic acids is 1. The van der Waals surface area contributed by atoms with Gasteiger partial charge in [0.2, 0.25) is 5.88 Å². The molecule has 3 heterocycles. The number of amides is 1. The molecule has 0 radical (unpaired) electrons. The van der Waals surface area contributed by atoms with Crippen LogP contribution in [0.3, 0.4) is 0 Å². The number of benzene rings is 1. The van der Waals surface area contributed by atoms with Crippen LogP contribution in [0, 0.1) is 30.6 Å². The standard InChI is InChI=1S/C23H25N5O3/c1-15-16(2)26-31-20(15)28-13-23(30-21(28)29)8-4-7-22(3,11-23)12-27-14-25-18-6-5-17(10-24)9-19(18)27/h5-6,9,14H,4,7-8,11-13H2,1-3H3. The van der Waals surface area contributed by atoms with Crippen molar-refractivity contribution in [3.8, 4) is 6.07 Å². The van der Waals surface area contributed by atoms with Crippen molar-refractivity contribution in [1.82, 2.24) is 14.7 Å². The summed E-state index contributed by atoms with van der Waals surface area (Å²) in [4.78, 5) is 18.8. The number of nitrogens with zero attached hydrogens (tertiary/aromatic N) is 5. The SMILES string of the molecule is Cc1noc(N2CC3(CCCC(C)(Cn4cnc5ccc(C#N)cc54)C3)OC2=O)c1C. The molecule has 1 amide bonds. The van der Waals surface area contributed by atoms with Crippen molar-refractivity contribution in [3.05, 3.63) is 41.3 Å². The molecule has 8 heteroatoms. The van der Waals surface area contributed by atoms with Gasteiger partial charge in [-0.3, -0.25) is 0 Å². The van der Waals surface area contributed by atoms with Crippen molar-refractivity contribution < 1.29 is 14.1 Å². The lowest BCUT2D eigenvalue weighted by Gasteiger charge is -2.43. The molecule has 160 valence electrons. The van der Waals surface area contributed by atoms with Gasteiger partial charge in [-0.05, 0) is 63.1 Å². The number of rotatable bonds is 3. The van der Waals surface area contributed by atoms with Crippen molar-refractivity contribution in [2.45, 2.75) is 58.6 Å². The molecule has 0 bridgehead atoms. The number of nitriles is 1. The fraction of sp³-hybridized carbons (Fsp3) is 0.478. The van der Waals surface area contributed by atoms with Crippen LogP contribution in [0.2, 0.25) is 0 Å². The summed E-state index contributed by atoms with van der Waals surface area (Å²) < 4.78 is 13.5. The summed E-state index contributed by atoms with van der Waals surface area (Å²) in [5.41, 5.74) is 3.49. The molecule has 2 aliphatic rings. The zero-order valence-corrected chi connectivity index (χ0v) is 18.0. The van der Waals surface area contributed by atoms with Crippen LogP contribution in [-0.4, -0.2) is 32.9 Å². The van der Waals surface area contributed by atoms with Gasteiger partial charge >= 0.3 is 6.09 Å². The van der Waals surface area contributed by atoms with E-state index in [0.29, 0.717) is 18.0 Å². The summed E-state index contributed by atoms with van der Waals surface area (Å²) in [6.07, 6.45) is 5.07. The van der Waals surface area contributed by atoms with Crippen molar-refractivity contribution in [3.63, 3.8) is 0 Å². The van der Waals surface area contributed by atoms with E-state index in [0.717, 1.165) is 54.5 Å². The van der Waals surface area contributed by atoms with Gasteiger partial charge in [0.15, 0.2) is 0 Å². The molecule has 0 N–H and O–H groups in total. The quantitative estimate of drug-likeness (QED) is 0.620. The molecule has 1 saturated heterocycles. The first-order chi connectivity index (χ1) is 14.8. The fourth-order valence-electron chi connectivity index (χ4n) is 5.25. The Morgan fingerprint density at radius 3 is 2.87 bits per heavy atom. The van der Waals surface area contributed by atoms with Crippen LogP contribution in [0.5, 0.6) is 0 Å². The molecule has 1 aliphatic heterocycles. The second-order valence-electron chi connectivity index (χ2n) is 9.36. The molecular formula is C23H25N5O3. The third-order valence-corrected chi connectivity index (χ3v) is 6.81. The second kappa shape index (κ2) is 6.84. The summed E-state index contributed by atoms with van der Waals surface area (Å²) in [5, 5.41) is 13.2. The first-order valence-corrected chi connectivity index (χ1v) is 10.6. The third kappa shape index (κ3) is 3.25. The predicted octanol–water partition coefficient (Wildman–Crippen LogP) is 4.49. The van der Waals surface area contributed by atoms with Crippen LogP contribution in [0.1, 0.15) is 49.4 Å². The van der Waals surface area contributed by atoms with E-state index in [9.17, 15) is 10.1 Å². The van der Waals surface area contributed by atoms with Crippen LogP contribution < -0.4 is 4.90 Å². The topological polar surface area (TPSA) is 97.2 Å². The minimum Gasteiger partial charge on any atom is -0.441 e. The minimum absolute atomic E-state index is 0.0722. The average molecular weight is 419 g/mol. The van der Waals surface area contributed by atoms with E-state index in [1.54, 1.807) is 11.0 Å². The lowest BCUT2D eigenvalue weighted by atomic mass is 9.68. The Labute approximate surface area is 180 Å². The summed E-state index contributed by atoms with van der Waals surface area (Å²) >= 11 is 0. The normalized spacial score (nSPS) is 25.9. The summed E-state index contributed by atoms with van der Waals surface area (Å²) in [5.74, 6) is 0.483. The Bertz CT molecular complexity index is 1220. The van der Waals surface area contributed by atoms with Crippen molar-refractivity contribution in [1.29, 1.82) is 5.26 Å². The number of aromatic nitrogens is 3. The molecule has 2 atom stereocenters. The number of aryl methyl sites for hydroxylation is 1. The first kappa shape index (κ1) is 19.6. The first-order valence-electron chi connectivity index (χ1n) is 10.6. The van der Waals surface area contributed by atoms with Gasteiger partial charge < -0.3 is 13.8 Å². The average Bonchev–Trinajstić information content (AvgIpc) is 3.38. The van der Waals surface area contributed by atoms with Crippen LogP contribution in [0.25, 0.3) is 11.0 Å². The maximum absolute atomic E-state index is 12.8. The van der Waals surface area contributed by atoms with E-state index >= 15 is 0 Å². The summed E-state index contributed by atoms with van der Waals surface area (Å²) in [7, 11) is 0. The van der Waals surface area contributed by atoms with Crippen molar-refractivity contribution in [2.24, 2.45) is 5.41 Å². The lowest BCUT2D eigenvalue weighted by molar-refractivity contribution is -0.0264. The van der Waals surface area contributed by atoms with Gasteiger partial charge in [0.25, 0.3) is 0 Å². The van der Waals surface area contributed by atoms with Crippen molar-refractivity contribution >= 4 is 23.0 Å². The van der Waals surface area contributed by atoms with E-state index in [4.69, 9.17) is 9.26 Å². The maximum Gasteiger partial charge on any atom is 0.417 e. The van der Waals surface area contributed by atoms with Crippen LogP contribution >= 0.6 is 0 Å². The van der Waals surface area contributed by atoms with Gasteiger partial charge in [-0.15, -0.1) is 0 Å². The fourth-order valence-corrected chi connectivity index (χ4v) is 5.25. The number of hydrogen-bond acceptors (Lipinski definition) is 6. The molecule has 2 aromatic heterocycles. The number of hydrogen-bond donors (Lipinski definition) is 0. The number of fused-ring (bicyclic) bond motifs is 1. The molecule has 5 rings (SSSR count). The maximum atomic E-state index is 12.8. The van der Waals surface area contributed by atoms with Gasteiger partial charge in [-0.25, -0.2) is 14.7 Å². The molecule has 1 aromatic carbocycles. The smallest absolute Gasteiger partial charge is 0.417 e. The van der Waals surface area contributed by atoms with Crippen LogP contribution in [0.15, 0.2) is 29.0 Å². The second-order valence-corrected chi connectivity index (χ2v) is 9.36. The Hall–Kier alpha value is -3.34. The molecule has 31 heavy (non-hydrogen) atoms. The van der Waals surface area contributed by atoms with E-state index in [-0.39, 0.29) is 11.5 Å². The Kier molecular flexibility index (Phi) is 4.33. The number of anilines is 1. The highest BCUT2D eigenvalue weighted by molar-refractivity contribution is 5.89. The molecule has 1 aliphatic carbocycles. The van der Waals surface area contributed by atoms with E-state index < -0.39 is 5.60 Å². The Balaban J connectivity index is 1.41. The molecule has 1 spiro atoms. The molecular weight excluding hydrogens is 394 g/mol. The summed E-state index contributed by atoms with van der Waals surface area (Å²) in [6, 6.07) is 7.76. The zero-order chi connectivity index (χ0) is 21.8. The number of imidazole rings is 1. The van der Waals surface area contributed by atoms with Gasteiger partial charge in [0.1, 0.15) is 5.60 Å². The minimum atomic E-state index is -0.536. The van der Waals surface area contributed by atoms with Crippen LogP contribution in [0.4, 0.5) is 10.7 Å². The Morgan fingerprint density at radius 1 is 1.29 bits per heavy atom. The van der Waals surface area contributed by atoms with Crippen molar-refractivity contribution in [2.75, 3.05) is 11.4 Å². The highest BCUT2D eigenvalue weighted by Crippen LogP contribution is 2.48. The monoisotopic (exact) mass is 419 g/mol. The summed E-state index contributed by atoms with van der Waals surface area (Å²) in [6.45, 7) is 7.24. The molecule has 2 unspecified atom stereocenters. The molecule has 2 fully saturated rings. The highest BCUT2D eigenvalue weighted by Gasteiger charge is 2.52. The van der Waals surface area contributed by atoms with E-state index in [2.05, 4.69) is 27.7 Å². The predicted molar refractivity (Wildman–Crippen MR) is 114 cm³/mol. The molecule has 1 saturated carbocycles. The largest absolute Gasteiger partial charge is 0.441 e.